The second-order valence-electron chi connectivity index (χ2n) is 7.54. The van der Waals surface area contributed by atoms with Crippen LogP contribution in [0.25, 0.3) is 0 Å². The first kappa shape index (κ1) is 22.6. The van der Waals surface area contributed by atoms with E-state index in [1.807, 2.05) is 30.3 Å². The minimum absolute atomic E-state index is 0.0419. The summed E-state index contributed by atoms with van der Waals surface area (Å²) >= 11 is 12.1. The highest BCUT2D eigenvalue weighted by molar-refractivity contribution is 6.42. The maximum Gasteiger partial charge on any atom is 0.227 e. The van der Waals surface area contributed by atoms with Crippen molar-refractivity contribution in [2.24, 2.45) is 0 Å². The summed E-state index contributed by atoms with van der Waals surface area (Å²) < 4.78 is 0. The van der Waals surface area contributed by atoms with Crippen LogP contribution in [0.3, 0.4) is 0 Å². The van der Waals surface area contributed by atoms with Gasteiger partial charge in [-0.25, -0.2) is 0 Å². The Morgan fingerprint density at radius 1 is 1.23 bits per heavy atom. The SMILES string of the molecule is N#CCCN(C[C@@H](c1ccccc1)N1CC[C@H](O)C1)C(=O)Cc1ccc(Cl)c(Cl)c1. The van der Waals surface area contributed by atoms with Crippen molar-refractivity contribution < 1.29 is 9.90 Å². The predicted octanol–water partition coefficient (Wildman–Crippen LogP) is 4.09. The largest absolute Gasteiger partial charge is 0.392 e. The van der Waals surface area contributed by atoms with Crippen molar-refractivity contribution in [3.8, 4) is 6.07 Å². The molecular formula is C23H25Cl2N3O2. The van der Waals surface area contributed by atoms with Crippen LogP contribution in [0.2, 0.25) is 10.0 Å². The number of aliphatic hydroxyl groups excluding tert-OH is 1. The van der Waals surface area contributed by atoms with Gasteiger partial charge < -0.3 is 10.0 Å². The summed E-state index contributed by atoms with van der Waals surface area (Å²) in [6, 6.07) is 17.3. The summed E-state index contributed by atoms with van der Waals surface area (Å²) in [7, 11) is 0. The first-order valence-electron chi connectivity index (χ1n) is 10.0. The Hall–Kier alpha value is -2.10. The minimum atomic E-state index is -0.351. The van der Waals surface area contributed by atoms with E-state index in [2.05, 4.69) is 11.0 Å². The molecule has 0 unspecified atom stereocenters. The molecule has 1 amide bonds. The fourth-order valence-electron chi connectivity index (χ4n) is 3.81. The molecule has 30 heavy (non-hydrogen) atoms. The van der Waals surface area contributed by atoms with E-state index in [4.69, 9.17) is 28.5 Å². The summed E-state index contributed by atoms with van der Waals surface area (Å²) in [6.07, 6.45) is 0.818. The molecule has 2 atom stereocenters. The van der Waals surface area contributed by atoms with Gasteiger partial charge >= 0.3 is 0 Å². The summed E-state index contributed by atoms with van der Waals surface area (Å²) in [5.74, 6) is -0.0654. The Kier molecular flexibility index (Phi) is 8.12. The predicted molar refractivity (Wildman–Crippen MR) is 118 cm³/mol. The third kappa shape index (κ3) is 5.96. The van der Waals surface area contributed by atoms with Crippen LogP contribution >= 0.6 is 23.2 Å². The number of carbonyl (C=O) groups excluding carboxylic acids is 1. The smallest absolute Gasteiger partial charge is 0.227 e. The molecule has 2 aromatic carbocycles. The van der Waals surface area contributed by atoms with Crippen LogP contribution in [0, 0.1) is 11.3 Å². The Bertz CT molecular complexity index is 901. The fraction of sp³-hybridized carbons (Fsp3) is 0.391. The molecular weight excluding hydrogens is 421 g/mol. The third-order valence-corrected chi connectivity index (χ3v) is 6.14. The molecule has 158 valence electrons. The molecule has 0 saturated carbocycles. The van der Waals surface area contributed by atoms with Crippen molar-refractivity contribution in [2.45, 2.75) is 31.4 Å². The zero-order valence-corrected chi connectivity index (χ0v) is 18.2. The summed E-state index contributed by atoms with van der Waals surface area (Å²) in [5.41, 5.74) is 1.88. The van der Waals surface area contributed by atoms with Gasteiger partial charge in [-0.1, -0.05) is 59.6 Å². The van der Waals surface area contributed by atoms with Crippen molar-refractivity contribution in [1.82, 2.24) is 9.80 Å². The first-order valence-corrected chi connectivity index (χ1v) is 10.8. The van der Waals surface area contributed by atoms with Crippen molar-refractivity contribution in [3.63, 3.8) is 0 Å². The first-order chi connectivity index (χ1) is 14.5. The quantitative estimate of drug-likeness (QED) is 0.664. The van der Waals surface area contributed by atoms with E-state index in [-0.39, 0.29) is 30.9 Å². The number of rotatable bonds is 8. The van der Waals surface area contributed by atoms with Gasteiger partial charge in [-0.15, -0.1) is 0 Å². The molecule has 2 aromatic rings. The average Bonchev–Trinajstić information content (AvgIpc) is 3.17. The van der Waals surface area contributed by atoms with Crippen LogP contribution in [0.15, 0.2) is 48.5 Å². The second kappa shape index (κ2) is 10.8. The molecule has 1 N–H and O–H groups in total. The Morgan fingerprint density at radius 3 is 2.63 bits per heavy atom. The van der Waals surface area contributed by atoms with E-state index in [9.17, 15) is 9.90 Å². The van der Waals surface area contributed by atoms with E-state index in [1.165, 1.54) is 0 Å². The van der Waals surface area contributed by atoms with Gasteiger partial charge in [0.05, 0.1) is 41.1 Å². The van der Waals surface area contributed by atoms with Gasteiger partial charge in [0.15, 0.2) is 0 Å². The van der Waals surface area contributed by atoms with Crippen LogP contribution in [-0.4, -0.2) is 53.1 Å². The Morgan fingerprint density at radius 2 is 2.00 bits per heavy atom. The van der Waals surface area contributed by atoms with Crippen molar-refractivity contribution in [1.29, 1.82) is 5.26 Å². The number of nitriles is 1. The lowest BCUT2D eigenvalue weighted by Crippen LogP contribution is -2.41. The van der Waals surface area contributed by atoms with Gasteiger partial charge in [0.1, 0.15) is 0 Å². The third-order valence-electron chi connectivity index (χ3n) is 5.40. The standard InChI is InChI=1S/C23H25Cl2N3O2/c24-20-8-7-17(13-21(20)25)14-23(30)28(11-4-10-26)16-22(18-5-2-1-3-6-18)27-12-9-19(29)15-27/h1-3,5-8,13,19,22,29H,4,9,11-12,14-16H2/t19-,22-/m0/s1. The number of amides is 1. The van der Waals surface area contributed by atoms with Gasteiger partial charge in [0, 0.05) is 26.2 Å². The molecule has 7 heteroatoms. The van der Waals surface area contributed by atoms with Gasteiger partial charge in [-0.05, 0) is 29.7 Å². The normalized spacial score (nSPS) is 17.5. The lowest BCUT2D eigenvalue weighted by atomic mass is 10.0. The van der Waals surface area contributed by atoms with Crippen molar-refractivity contribution >= 4 is 29.1 Å². The van der Waals surface area contributed by atoms with E-state index in [1.54, 1.807) is 23.1 Å². The summed E-state index contributed by atoms with van der Waals surface area (Å²) in [4.78, 5) is 17.1. The Labute approximate surface area is 187 Å². The summed E-state index contributed by atoms with van der Waals surface area (Å²) in [6.45, 7) is 2.16. The summed E-state index contributed by atoms with van der Waals surface area (Å²) in [5, 5.41) is 20.0. The highest BCUT2D eigenvalue weighted by atomic mass is 35.5. The van der Waals surface area contributed by atoms with Crippen molar-refractivity contribution in [2.75, 3.05) is 26.2 Å². The molecule has 1 saturated heterocycles. The molecule has 1 aliphatic heterocycles. The minimum Gasteiger partial charge on any atom is -0.392 e. The van der Waals surface area contributed by atoms with Crippen LogP contribution in [-0.2, 0) is 11.2 Å². The number of likely N-dealkylation sites (tertiary alicyclic amines) is 1. The maximum atomic E-state index is 13.1. The molecule has 1 heterocycles. The molecule has 5 nitrogen and oxygen atoms in total. The topological polar surface area (TPSA) is 67.6 Å². The Balaban J connectivity index is 1.80. The lowest BCUT2D eigenvalue weighted by molar-refractivity contribution is -0.131. The zero-order valence-electron chi connectivity index (χ0n) is 16.7. The van der Waals surface area contributed by atoms with Gasteiger partial charge in [0.25, 0.3) is 0 Å². The van der Waals surface area contributed by atoms with E-state index >= 15 is 0 Å². The number of carbonyl (C=O) groups is 1. The molecule has 1 aliphatic rings. The number of nitrogens with zero attached hydrogens (tertiary/aromatic N) is 3. The number of aliphatic hydroxyl groups is 1. The number of hydrogen-bond acceptors (Lipinski definition) is 4. The average molecular weight is 446 g/mol. The highest BCUT2D eigenvalue weighted by Gasteiger charge is 2.30. The zero-order chi connectivity index (χ0) is 21.5. The van der Waals surface area contributed by atoms with E-state index in [0.717, 1.165) is 24.1 Å². The van der Waals surface area contributed by atoms with Gasteiger partial charge in [-0.2, -0.15) is 5.26 Å². The number of β-amino-alcohol motifs (C(OH)–C–C–N with tert-alkyl or cyclic N) is 1. The van der Waals surface area contributed by atoms with E-state index in [0.29, 0.717) is 29.7 Å². The second-order valence-corrected chi connectivity index (χ2v) is 8.35. The molecule has 0 bridgehead atoms. The van der Waals surface area contributed by atoms with Crippen molar-refractivity contribution in [3.05, 3.63) is 69.7 Å². The lowest BCUT2D eigenvalue weighted by Gasteiger charge is -2.33. The molecule has 0 spiro atoms. The molecule has 3 rings (SSSR count). The molecule has 0 radical (unpaired) electrons. The van der Waals surface area contributed by atoms with E-state index < -0.39 is 0 Å². The van der Waals surface area contributed by atoms with Crippen LogP contribution in [0.5, 0.6) is 0 Å². The number of hydrogen-bond donors (Lipinski definition) is 1. The maximum absolute atomic E-state index is 13.1. The number of benzene rings is 2. The van der Waals surface area contributed by atoms with Crippen LogP contribution in [0.4, 0.5) is 0 Å². The molecule has 1 fully saturated rings. The molecule has 0 aromatic heterocycles. The number of halogens is 2. The highest BCUT2D eigenvalue weighted by Crippen LogP contribution is 2.27. The monoisotopic (exact) mass is 445 g/mol. The molecule has 0 aliphatic carbocycles. The van der Waals surface area contributed by atoms with Crippen LogP contribution < -0.4 is 0 Å². The fourth-order valence-corrected chi connectivity index (χ4v) is 4.13. The van der Waals surface area contributed by atoms with Gasteiger partial charge in [-0.3, -0.25) is 9.69 Å². The van der Waals surface area contributed by atoms with Gasteiger partial charge in [0.2, 0.25) is 5.91 Å². The van der Waals surface area contributed by atoms with Crippen LogP contribution in [0.1, 0.15) is 30.0 Å².